The molecule has 4 nitrogen and oxygen atoms in total. The van der Waals surface area contributed by atoms with Crippen molar-refractivity contribution in [1.29, 1.82) is 0 Å². The monoisotopic (exact) mass is 398 g/mol. The highest BCUT2D eigenvalue weighted by Gasteiger charge is 2.34. The van der Waals surface area contributed by atoms with Crippen LogP contribution in [-0.4, -0.2) is 39.0 Å². The molecule has 1 saturated carbocycles. The maximum Gasteiger partial charge on any atom is 0.250 e. The average Bonchev–Trinajstić information content (AvgIpc) is 3.04. The van der Waals surface area contributed by atoms with Crippen molar-refractivity contribution in [3.05, 3.63) is 14.9 Å². The van der Waals surface area contributed by atoms with Crippen LogP contribution in [-0.2, 0) is 10.0 Å². The first kappa shape index (κ1) is 15.2. The fourth-order valence-corrected chi connectivity index (χ4v) is 6.12. The van der Waals surface area contributed by atoms with Crippen molar-refractivity contribution >= 4 is 48.9 Å². The predicted octanol–water partition coefficient (Wildman–Crippen LogP) is 2.93. The molecule has 0 aromatic carbocycles. The Morgan fingerprint density at radius 1 is 1.45 bits per heavy atom. The highest BCUT2D eigenvalue weighted by Crippen LogP contribution is 2.35. The molecule has 0 amide bonds. The Balaban J connectivity index is 1.57. The summed E-state index contributed by atoms with van der Waals surface area (Å²) in [5, 5.41) is 0.441. The van der Waals surface area contributed by atoms with E-state index >= 15 is 0 Å². The second kappa shape index (κ2) is 5.85. The summed E-state index contributed by atoms with van der Waals surface area (Å²) < 4.78 is 28.0. The van der Waals surface area contributed by atoms with Gasteiger partial charge in [-0.3, -0.25) is 0 Å². The van der Waals surface area contributed by atoms with E-state index in [1.807, 2.05) is 0 Å². The Labute approximate surface area is 136 Å². The Bertz CT molecular complexity index is 581. The Hall–Kier alpha value is 0.340. The van der Waals surface area contributed by atoms with Crippen molar-refractivity contribution in [2.45, 2.75) is 29.5 Å². The minimum Gasteiger partial charge on any atom is -0.300 e. The lowest BCUT2D eigenvalue weighted by Gasteiger charge is -2.14. The number of likely N-dealkylation sites (tertiary alicyclic amines) is 1. The van der Waals surface area contributed by atoms with Gasteiger partial charge in [-0.05, 0) is 53.7 Å². The third-order valence-electron chi connectivity index (χ3n) is 3.83. The Morgan fingerprint density at radius 3 is 2.80 bits per heavy atom. The van der Waals surface area contributed by atoms with Gasteiger partial charge in [0.25, 0.3) is 0 Å². The molecule has 1 aromatic heterocycles. The van der Waals surface area contributed by atoms with E-state index in [4.69, 9.17) is 11.6 Å². The molecule has 0 radical (unpaired) electrons. The molecule has 1 aliphatic carbocycles. The highest BCUT2D eigenvalue weighted by molar-refractivity contribution is 9.11. The highest BCUT2D eigenvalue weighted by atomic mass is 79.9. The molecule has 2 aliphatic rings. The first-order chi connectivity index (χ1) is 9.45. The third-order valence-corrected chi connectivity index (χ3v) is 8.20. The largest absolute Gasteiger partial charge is 0.300 e. The summed E-state index contributed by atoms with van der Waals surface area (Å²) in [6, 6.07) is 2.26. The fourth-order valence-electron chi connectivity index (χ4n) is 2.56. The number of nitrogens with one attached hydrogen (secondary N) is 1. The number of sulfonamides is 1. The van der Waals surface area contributed by atoms with Crippen LogP contribution in [0.1, 0.15) is 19.3 Å². The van der Waals surface area contributed by atoms with E-state index in [1.54, 1.807) is 0 Å². The quantitative estimate of drug-likeness (QED) is 0.828. The summed E-state index contributed by atoms with van der Waals surface area (Å²) in [6.45, 7) is 2.63. The zero-order chi connectivity index (χ0) is 14.3. The summed E-state index contributed by atoms with van der Waals surface area (Å²) in [7, 11) is -3.44. The maximum atomic E-state index is 12.2. The normalized spacial score (nSPS) is 24.4. The van der Waals surface area contributed by atoms with E-state index in [0.29, 0.717) is 21.3 Å². The Kier molecular flexibility index (Phi) is 4.46. The van der Waals surface area contributed by atoms with Crippen LogP contribution in [0.5, 0.6) is 0 Å². The van der Waals surface area contributed by atoms with E-state index in [9.17, 15) is 8.42 Å². The van der Waals surface area contributed by atoms with Gasteiger partial charge in [0, 0.05) is 19.1 Å². The van der Waals surface area contributed by atoms with Gasteiger partial charge < -0.3 is 4.90 Å². The minimum absolute atomic E-state index is 0.270. The van der Waals surface area contributed by atoms with E-state index in [-0.39, 0.29) is 4.21 Å². The van der Waals surface area contributed by atoms with E-state index in [0.717, 1.165) is 36.9 Å². The zero-order valence-corrected chi connectivity index (χ0v) is 14.8. The van der Waals surface area contributed by atoms with Gasteiger partial charge in [-0.2, -0.15) is 0 Å². The van der Waals surface area contributed by atoms with Gasteiger partial charge in [0.1, 0.15) is 4.21 Å². The molecule has 3 rings (SSSR count). The van der Waals surface area contributed by atoms with Crippen LogP contribution in [0.15, 0.2) is 14.1 Å². The molecule has 1 atom stereocenters. The molecule has 1 unspecified atom stereocenters. The third kappa shape index (κ3) is 3.39. The topological polar surface area (TPSA) is 49.4 Å². The SMILES string of the molecule is O=S(=O)(NCC1CCN(C2CC2)C1)c1cc(Cl)c(Br)s1. The lowest BCUT2D eigenvalue weighted by molar-refractivity contribution is 0.314. The molecule has 1 N–H and O–H groups in total. The van der Waals surface area contributed by atoms with Crippen LogP contribution in [0.25, 0.3) is 0 Å². The molecular formula is C12H16BrClN2O2S2. The van der Waals surface area contributed by atoms with Crippen molar-refractivity contribution in [3.8, 4) is 0 Å². The second-order valence-corrected chi connectivity index (χ2v) is 10.2. The van der Waals surface area contributed by atoms with Gasteiger partial charge in [0.05, 0.1) is 8.81 Å². The smallest absolute Gasteiger partial charge is 0.250 e. The van der Waals surface area contributed by atoms with Crippen LogP contribution in [0.2, 0.25) is 5.02 Å². The minimum atomic E-state index is -3.44. The molecule has 8 heteroatoms. The van der Waals surface area contributed by atoms with Crippen molar-refractivity contribution in [2.24, 2.45) is 5.92 Å². The van der Waals surface area contributed by atoms with Gasteiger partial charge in [0.15, 0.2) is 0 Å². The summed E-state index contributed by atoms with van der Waals surface area (Å²) in [4.78, 5) is 2.48. The van der Waals surface area contributed by atoms with E-state index in [2.05, 4.69) is 25.6 Å². The van der Waals surface area contributed by atoms with Gasteiger partial charge >= 0.3 is 0 Å². The number of thiophene rings is 1. The number of hydrogen-bond donors (Lipinski definition) is 1. The van der Waals surface area contributed by atoms with Crippen LogP contribution in [0.4, 0.5) is 0 Å². The molecule has 1 saturated heterocycles. The van der Waals surface area contributed by atoms with Crippen molar-refractivity contribution in [3.63, 3.8) is 0 Å². The van der Waals surface area contributed by atoms with E-state index in [1.165, 1.54) is 18.9 Å². The molecule has 2 heterocycles. The van der Waals surface area contributed by atoms with Gasteiger partial charge in [-0.25, -0.2) is 13.1 Å². The zero-order valence-electron chi connectivity index (χ0n) is 10.8. The molecule has 1 aliphatic heterocycles. The van der Waals surface area contributed by atoms with Gasteiger partial charge in [0.2, 0.25) is 10.0 Å². The van der Waals surface area contributed by atoms with Crippen LogP contribution in [0.3, 0.4) is 0 Å². The summed E-state index contributed by atoms with van der Waals surface area (Å²) >= 11 is 10.3. The molecule has 0 bridgehead atoms. The number of halogens is 2. The molecule has 2 fully saturated rings. The van der Waals surface area contributed by atoms with Crippen LogP contribution >= 0.6 is 38.9 Å². The van der Waals surface area contributed by atoms with Crippen LogP contribution < -0.4 is 4.72 Å². The first-order valence-electron chi connectivity index (χ1n) is 6.64. The predicted molar refractivity (Wildman–Crippen MR) is 84.9 cm³/mol. The lowest BCUT2D eigenvalue weighted by atomic mass is 10.1. The molecule has 20 heavy (non-hydrogen) atoms. The molecule has 1 aromatic rings. The number of hydrogen-bond acceptors (Lipinski definition) is 4. The summed E-state index contributed by atoms with van der Waals surface area (Å²) in [6.07, 6.45) is 3.69. The molecule has 112 valence electrons. The van der Waals surface area contributed by atoms with Crippen LogP contribution in [0, 0.1) is 5.92 Å². The summed E-state index contributed by atoms with van der Waals surface area (Å²) in [5.41, 5.74) is 0. The number of rotatable bonds is 5. The molecule has 0 spiro atoms. The van der Waals surface area contributed by atoms with Crippen molar-refractivity contribution < 1.29 is 8.42 Å². The average molecular weight is 400 g/mol. The van der Waals surface area contributed by atoms with Gasteiger partial charge in [-0.15, -0.1) is 11.3 Å². The van der Waals surface area contributed by atoms with Crippen molar-refractivity contribution in [2.75, 3.05) is 19.6 Å². The fraction of sp³-hybridized carbons (Fsp3) is 0.667. The van der Waals surface area contributed by atoms with Gasteiger partial charge in [-0.1, -0.05) is 11.6 Å². The Morgan fingerprint density at radius 2 is 2.20 bits per heavy atom. The lowest BCUT2D eigenvalue weighted by Crippen LogP contribution is -2.31. The maximum absolute atomic E-state index is 12.2. The van der Waals surface area contributed by atoms with Crippen molar-refractivity contribution in [1.82, 2.24) is 9.62 Å². The standard InChI is InChI=1S/C12H16BrClN2O2S2/c13-12-10(14)5-11(19-12)20(17,18)15-6-8-3-4-16(7-8)9-1-2-9/h5,8-9,15H,1-4,6-7H2. The molecular weight excluding hydrogens is 384 g/mol. The number of nitrogens with zero attached hydrogens (tertiary/aromatic N) is 1. The second-order valence-electron chi connectivity index (χ2n) is 5.42. The summed E-state index contributed by atoms with van der Waals surface area (Å²) in [5.74, 6) is 0.421. The van der Waals surface area contributed by atoms with E-state index < -0.39 is 10.0 Å². The first-order valence-corrected chi connectivity index (χ1v) is 10.1.